The number of anilines is 2. The number of aryl methyl sites for hydroxylation is 2. The van der Waals surface area contributed by atoms with E-state index < -0.39 is 11.7 Å². The van der Waals surface area contributed by atoms with Crippen molar-refractivity contribution in [1.29, 1.82) is 0 Å². The molecule has 0 spiro atoms. The summed E-state index contributed by atoms with van der Waals surface area (Å²) in [7, 11) is 0. The van der Waals surface area contributed by atoms with Gasteiger partial charge < -0.3 is 15.8 Å². The third-order valence-corrected chi connectivity index (χ3v) is 4.06. The van der Waals surface area contributed by atoms with Gasteiger partial charge in [0.25, 0.3) is 0 Å². The lowest BCUT2D eigenvalue weighted by Gasteiger charge is -2.19. The predicted octanol–water partition coefficient (Wildman–Crippen LogP) is 4.62. The molecule has 0 unspecified atom stereocenters. The van der Waals surface area contributed by atoms with Crippen LogP contribution in [0.2, 0.25) is 0 Å². The predicted molar refractivity (Wildman–Crippen MR) is 116 cm³/mol. The van der Waals surface area contributed by atoms with Gasteiger partial charge in [0, 0.05) is 17.9 Å². The Kier molecular flexibility index (Phi) is 7.04. The van der Waals surface area contributed by atoms with E-state index in [9.17, 15) is 4.79 Å². The highest BCUT2D eigenvalue weighted by Crippen LogP contribution is 2.15. The van der Waals surface area contributed by atoms with Gasteiger partial charge in [-0.3, -0.25) is 10.3 Å². The summed E-state index contributed by atoms with van der Waals surface area (Å²) in [5.74, 6) is 0.395. The summed E-state index contributed by atoms with van der Waals surface area (Å²) < 4.78 is 5.24. The highest BCUT2D eigenvalue weighted by atomic mass is 16.6. The second-order valence-corrected chi connectivity index (χ2v) is 7.76. The second-order valence-electron chi connectivity index (χ2n) is 7.76. The molecule has 0 bridgehead atoms. The zero-order chi connectivity index (χ0) is 20.7. The van der Waals surface area contributed by atoms with Gasteiger partial charge >= 0.3 is 6.09 Å². The van der Waals surface area contributed by atoms with Crippen molar-refractivity contribution in [3.05, 3.63) is 59.2 Å². The summed E-state index contributed by atoms with van der Waals surface area (Å²) in [6, 6.07) is 13.7. The van der Waals surface area contributed by atoms with Crippen molar-refractivity contribution < 1.29 is 9.53 Å². The topological polar surface area (TPSA) is 88.7 Å². The number of carbonyl (C=O) groups excluding carboxylic acids is 1. The minimum absolute atomic E-state index is 0.395. The first-order chi connectivity index (χ1) is 13.1. The Morgan fingerprint density at radius 1 is 1.00 bits per heavy atom. The van der Waals surface area contributed by atoms with Crippen LogP contribution >= 0.6 is 0 Å². The van der Waals surface area contributed by atoms with Gasteiger partial charge in [-0.05, 0) is 82.0 Å². The van der Waals surface area contributed by atoms with Crippen LogP contribution in [0.5, 0.6) is 0 Å². The molecule has 2 aromatic rings. The molecule has 0 aliphatic rings. The fraction of sp³-hybridized carbons (Fsp3) is 0.364. The summed E-state index contributed by atoms with van der Waals surface area (Å²) in [5, 5.41) is 5.83. The van der Waals surface area contributed by atoms with Crippen LogP contribution in [0.4, 0.5) is 16.2 Å². The number of benzene rings is 2. The molecule has 28 heavy (non-hydrogen) atoms. The number of nitrogens with two attached hydrogens (primary N) is 1. The fourth-order valence-electron chi connectivity index (χ4n) is 2.49. The van der Waals surface area contributed by atoms with Crippen molar-refractivity contribution in [2.45, 2.75) is 46.6 Å². The van der Waals surface area contributed by atoms with Gasteiger partial charge in [0.15, 0.2) is 5.96 Å². The van der Waals surface area contributed by atoms with Crippen LogP contribution in [-0.2, 0) is 11.2 Å². The Labute approximate surface area is 167 Å². The summed E-state index contributed by atoms with van der Waals surface area (Å²) in [6.45, 7) is 10.2. The monoisotopic (exact) mass is 382 g/mol. The summed E-state index contributed by atoms with van der Waals surface area (Å²) in [6.07, 6.45) is 0.289. The van der Waals surface area contributed by atoms with Crippen LogP contribution in [0.1, 0.15) is 37.5 Å². The molecule has 0 saturated heterocycles. The number of ether oxygens (including phenoxy) is 1. The number of nitrogens with one attached hydrogen (secondary N) is 2. The number of hydrogen-bond donors (Lipinski definition) is 3. The summed E-state index contributed by atoms with van der Waals surface area (Å²) in [4.78, 5) is 16.1. The lowest BCUT2D eigenvalue weighted by molar-refractivity contribution is 0.0636. The Hall–Kier alpha value is -3.02. The highest BCUT2D eigenvalue weighted by Gasteiger charge is 2.16. The Bertz CT molecular complexity index is 837. The third-order valence-electron chi connectivity index (χ3n) is 4.06. The van der Waals surface area contributed by atoms with E-state index in [2.05, 4.69) is 35.5 Å². The van der Waals surface area contributed by atoms with Crippen LogP contribution < -0.4 is 16.4 Å². The number of aliphatic imine (C=N–C) groups is 1. The van der Waals surface area contributed by atoms with Crippen molar-refractivity contribution in [3.8, 4) is 0 Å². The second kappa shape index (κ2) is 9.26. The minimum atomic E-state index is -0.521. The Morgan fingerprint density at radius 3 is 2.25 bits per heavy atom. The molecule has 6 heteroatoms. The van der Waals surface area contributed by atoms with Crippen molar-refractivity contribution >= 4 is 23.4 Å². The van der Waals surface area contributed by atoms with E-state index >= 15 is 0 Å². The van der Waals surface area contributed by atoms with E-state index in [-0.39, 0.29) is 0 Å². The van der Waals surface area contributed by atoms with Gasteiger partial charge in [-0.25, -0.2) is 4.79 Å². The highest BCUT2D eigenvalue weighted by molar-refractivity contribution is 5.92. The van der Waals surface area contributed by atoms with Crippen molar-refractivity contribution in [1.82, 2.24) is 0 Å². The summed E-state index contributed by atoms with van der Waals surface area (Å²) >= 11 is 0. The van der Waals surface area contributed by atoms with Crippen LogP contribution in [0.3, 0.4) is 0 Å². The van der Waals surface area contributed by atoms with E-state index in [1.807, 2.05) is 57.2 Å². The van der Waals surface area contributed by atoms with Crippen LogP contribution in [0, 0.1) is 13.8 Å². The summed E-state index contributed by atoms with van der Waals surface area (Å²) in [5.41, 5.74) is 10.6. The largest absolute Gasteiger partial charge is 0.444 e. The van der Waals surface area contributed by atoms with Gasteiger partial charge in [-0.2, -0.15) is 0 Å². The number of guanidine groups is 1. The van der Waals surface area contributed by atoms with Gasteiger partial charge in [-0.15, -0.1) is 0 Å². The lowest BCUT2D eigenvalue weighted by Crippen LogP contribution is -2.27. The molecule has 4 N–H and O–H groups in total. The third kappa shape index (κ3) is 7.31. The molecule has 0 atom stereocenters. The standard InChI is InChI=1S/C22H30N4O2/c1-15-6-9-19(14-16(15)2)25-20(23)24-13-12-17-7-10-18(11-8-17)26-21(27)28-22(3,4)5/h6-11,14H,12-13H2,1-5H3,(H,26,27)(H3,23,24,25). The molecule has 150 valence electrons. The fourth-order valence-corrected chi connectivity index (χ4v) is 2.49. The zero-order valence-electron chi connectivity index (χ0n) is 17.3. The lowest BCUT2D eigenvalue weighted by atomic mass is 10.1. The SMILES string of the molecule is Cc1ccc(NC(N)=NCCc2ccc(NC(=O)OC(C)(C)C)cc2)cc1C. The van der Waals surface area contributed by atoms with E-state index in [0.717, 1.165) is 17.7 Å². The van der Waals surface area contributed by atoms with Crippen molar-refractivity contribution in [2.24, 2.45) is 10.7 Å². The van der Waals surface area contributed by atoms with Gasteiger partial charge in [-0.1, -0.05) is 18.2 Å². The molecule has 0 fully saturated rings. The maximum atomic E-state index is 11.8. The average Bonchev–Trinajstić information content (AvgIpc) is 2.58. The van der Waals surface area contributed by atoms with Crippen LogP contribution in [0.15, 0.2) is 47.5 Å². The molecule has 0 aliphatic carbocycles. The molecular weight excluding hydrogens is 352 g/mol. The molecule has 6 nitrogen and oxygen atoms in total. The normalized spacial score (nSPS) is 11.8. The van der Waals surface area contributed by atoms with Crippen molar-refractivity contribution in [2.75, 3.05) is 17.2 Å². The van der Waals surface area contributed by atoms with Crippen LogP contribution in [0.25, 0.3) is 0 Å². The van der Waals surface area contributed by atoms with E-state index in [4.69, 9.17) is 10.5 Å². The van der Waals surface area contributed by atoms with E-state index in [1.165, 1.54) is 11.1 Å². The van der Waals surface area contributed by atoms with Crippen molar-refractivity contribution in [3.63, 3.8) is 0 Å². The number of amides is 1. The molecule has 2 rings (SSSR count). The molecule has 0 radical (unpaired) electrons. The first kappa shape index (κ1) is 21.3. The quantitative estimate of drug-likeness (QED) is 0.520. The maximum absolute atomic E-state index is 11.8. The van der Waals surface area contributed by atoms with E-state index in [1.54, 1.807) is 0 Å². The van der Waals surface area contributed by atoms with Crippen LogP contribution in [-0.4, -0.2) is 24.2 Å². The zero-order valence-corrected chi connectivity index (χ0v) is 17.3. The first-order valence-electron chi connectivity index (χ1n) is 9.35. The van der Waals surface area contributed by atoms with E-state index in [0.29, 0.717) is 18.2 Å². The van der Waals surface area contributed by atoms with Gasteiger partial charge in [0.05, 0.1) is 0 Å². The van der Waals surface area contributed by atoms with Gasteiger partial charge in [0.2, 0.25) is 0 Å². The maximum Gasteiger partial charge on any atom is 0.412 e. The molecule has 2 aromatic carbocycles. The molecular formula is C22H30N4O2. The Balaban J connectivity index is 1.83. The molecule has 0 heterocycles. The molecule has 0 saturated carbocycles. The average molecular weight is 383 g/mol. The molecule has 0 aliphatic heterocycles. The number of carbonyl (C=O) groups is 1. The number of rotatable bonds is 5. The minimum Gasteiger partial charge on any atom is -0.444 e. The Morgan fingerprint density at radius 2 is 1.64 bits per heavy atom. The first-order valence-corrected chi connectivity index (χ1v) is 9.35. The van der Waals surface area contributed by atoms with Gasteiger partial charge in [0.1, 0.15) is 5.60 Å². The number of nitrogens with zero attached hydrogens (tertiary/aromatic N) is 1. The smallest absolute Gasteiger partial charge is 0.412 e. The molecule has 1 amide bonds. The molecule has 0 aromatic heterocycles. The number of hydrogen-bond acceptors (Lipinski definition) is 3.